The van der Waals surface area contributed by atoms with Crippen molar-refractivity contribution in [3.05, 3.63) is 27.2 Å². The van der Waals surface area contributed by atoms with Gasteiger partial charge < -0.3 is 4.57 Å². The van der Waals surface area contributed by atoms with Crippen LogP contribution in [0.3, 0.4) is 0 Å². The summed E-state index contributed by atoms with van der Waals surface area (Å²) >= 11 is 0. The number of rotatable bonds is 3. The van der Waals surface area contributed by atoms with Gasteiger partial charge in [0.25, 0.3) is 5.56 Å². The third-order valence-corrected chi connectivity index (χ3v) is 3.08. The van der Waals surface area contributed by atoms with E-state index in [0.717, 1.165) is 17.5 Å². The Labute approximate surface area is 97.9 Å². The molecule has 2 aromatic heterocycles. The average molecular weight is 236 g/mol. The van der Waals surface area contributed by atoms with Crippen LogP contribution >= 0.6 is 0 Å². The van der Waals surface area contributed by atoms with Crippen molar-refractivity contribution in [1.29, 1.82) is 0 Å². The van der Waals surface area contributed by atoms with Crippen LogP contribution < -0.4 is 11.2 Å². The van der Waals surface area contributed by atoms with E-state index in [1.807, 2.05) is 4.57 Å². The molecule has 0 saturated carbocycles. The highest BCUT2D eigenvalue weighted by Gasteiger charge is 2.11. The van der Waals surface area contributed by atoms with Crippen LogP contribution in [0.5, 0.6) is 0 Å². The second kappa shape index (κ2) is 4.20. The van der Waals surface area contributed by atoms with Gasteiger partial charge in [0.15, 0.2) is 5.52 Å². The molecule has 1 atom stereocenters. The molecule has 1 N–H and O–H groups in total. The molecule has 0 radical (unpaired) electrons. The fourth-order valence-electron chi connectivity index (χ4n) is 1.71. The monoisotopic (exact) mass is 236 g/mol. The van der Waals surface area contributed by atoms with Crippen molar-refractivity contribution in [3.63, 3.8) is 0 Å². The van der Waals surface area contributed by atoms with Gasteiger partial charge in [0.1, 0.15) is 5.65 Å². The number of imidazole rings is 1. The van der Waals surface area contributed by atoms with E-state index in [1.54, 1.807) is 6.33 Å². The number of hydrogen-bond donors (Lipinski definition) is 1. The summed E-state index contributed by atoms with van der Waals surface area (Å²) in [7, 11) is 1.44. The zero-order valence-corrected chi connectivity index (χ0v) is 10.2. The molecule has 0 saturated heterocycles. The molecule has 1 unspecified atom stereocenters. The lowest BCUT2D eigenvalue weighted by atomic mass is 10.1. The van der Waals surface area contributed by atoms with Crippen molar-refractivity contribution in [2.24, 2.45) is 13.0 Å². The van der Waals surface area contributed by atoms with Crippen LogP contribution in [0.25, 0.3) is 11.2 Å². The first-order valence-electron chi connectivity index (χ1n) is 5.68. The summed E-state index contributed by atoms with van der Waals surface area (Å²) in [5.74, 6) is 0.472. The van der Waals surface area contributed by atoms with Crippen LogP contribution in [-0.4, -0.2) is 19.1 Å². The van der Waals surface area contributed by atoms with E-state index in [0.29, 0.717) is 17.1 Å². The summed E-state index contributed by atoms with van der Waals surface area (Å²) < 4.78 is 2.86. The second-order valence-corrected chi connectivity index (χ2v) is 4.40. The molecule has 0 aliphatic rings. The minimum atomic E-state index is -0.409. The quantitative estimate of drug-likeness (QED) is 0.842. The number of hydrogen-bond acceptors (Lipinski definition) is 3. The minimum Gasteiger partial charge on any atom is -0.316 e. The van der Waals surface area contributed by atoms with Gasteiger partial charge in [-0.3, -0.25) is 14.3 Å². The first-order valence-corrected chi connectivity index (χ1v) is 5.68. The van der Waals surface area contributed by atoms with Gasteiger partial charge in [-0.2, -0.15) is 0 Å². The first-order chi connectivity index (χ1) is 8.04. The molecule has 0 amide bonds. The number of H-pyrrole nitrogens is 1. The van der Waals surface area contributed by atoms with Gasteiger partial charge in [0.2, 0.25) is 0 Å². The lowest BCUT2D eigenvalue weighted by molar-refractivity contribution is 0.474. The highest BCUT2D eigenvalue weighted by atomic mass is 16.2. The summed E-state index contributed by atoms with van der Waals surface area (Å²) in [6, 6.07) is 0. The normalized spacial score (nSPS) is 13.1. The highest BCUT2D eigenvalue weighted by molar-refractivity contribution is 5.68. The van der Waals surface area contributed by atoms with Crippen molar-refractivity contribution < 1.29 is 0 Å². The molecule has 2 heterocycles. The predicted molar refractivity (Wildman–Crippen MR) is 65.0 cm³/mol. The smallest absolute Gasteiger partial charge is 0.316 e. The lowest BCUT2D eigenvalue weighted by Gasteiger charge is -2.09. The van der Waals surface area contributed by atoms with E-state index in [2.05, 4.69) is 23.8 Å². The minimum absolute atomic E-state index is 0.315. The van der Waals surface area contributed by atoms with Crippen molar-refractivity contribution in [3.8, 4) is 0 Å². The van der Waals surface area contributed by atoms with Gasteiger partial charge in [-0.15, -0.1) is 0 Å². The molecule has 2 rings (SSSR count). The van der Waals surface area contributed by atoms with Crippen molar-refractivity contribution >= 4 is 11.2 Å². The van der Waals surface area contributed by atoms with E-state index in [-0.39, 0.29) is 5.56 Å². The summed E-state index contributed by atoms with van der Waals surface area (Å²) in [4.78, 5) is 30.1. The Morgan fingerprint density at radius 3 is 2.82 bits per heavy atom. The number of aromatic amines is 1. The fraction of sp³-hybridized carbons (Fsp3) is 0.545. The van der Waals surface area contributed by atoms with Gasteiger partial charge in [-0.25, -0.2) is 9.78 Å². The fourth-order valence-corrected chi connectivity index (χ4v) is 1.71. The third kappa shape index (κ3) is 1.90. The zero-order chi connectivity index (χ0) is 12.6. The van der Waals surface area contributed by atoms with Gasteiger partial charge >= 0.3 is 5.69 Å². The molecule has 0 aliphatic carbocycles. The highest BCUT2D eigenvalue weighted by Crippen LogP contribution is 2.09. The van der Waals surface area contributed by atoms with E-state index >= 15 is 0 Å². The molecule has 0 bridgehead atoms. The maximum absolute atomic E-state index is 11.8. The predicted octanol–water partition coefficient (Wildman–Crippen LogP) is 0.469. The topological polar surface area (TPSA) is 72.7 Å². The Kier molecular flexibility index (Phi) is 2.87. The van der Waals surface area contributed by atoms with Crippen LogP contribution in [0.4, 0.5) is 0 Å². The first kappa shape index (κ1) is 11.6. The van der Waals surface area contributed by atoms with Crippen LogP contribution in [-0.2, 0) is 13.6 Å². The molecule has 6 heteroatoms. The van der Waals surface area contributed by atoms with Crippen LogP contribution in [0, 0.1) is 5.92 Å². The Bertz CT molecular complexity index is 650. The van der Waals surface area contributed by atoms with Gasteiger partial charge in [-0.1, -0.05) is 20.3 Å². The molecule has 0 fully saturated rings. The zero-order valence-electron chi connectivity index (χ0n) is 10.2. The van der Waals surface area contributed by atoms with Crippen molar-refractivity contribution in [2.75, 3.05) is 0 Å². The Morgan fingerprint density at radius 1 is 1.47 bits per heavy atom. The van der Waals surface area contributed by atoms with Crippen LogP contribution in [0.2, 0.25) is 0 Å². The SMILES string of the molecule is CCC(C)Cn1cnc2c(=O)n(C)c(=O)[nH]c21. The summed E-state index contributed by atoms with van der Waals surface area (Å²) in [5.41, 5.74) is 0.0638. The average Bonchev–Trinajstić information content (AvgIpc) is 2.69. The van der Waals surface area contributed by atoms with Gasteiger partial charge in [-0.05, 0) is 5.92 Å². The van der Waals surface area contributed by atoms with Crippen LogP contribution in [0.15, 0.2) is 15.9 Å². The lowest BCUT2D eigenvalue weighted by Crippen LogP contribution is -2.32. The standard InChI is InChI=1S/C11H16N4O2/c1-4-7(2)5-15-6-12-8-9(15)13-11(17)14(3)10(8)16/h6-7H,4-5H2,1-3H3,(H,13,17). The number of nitrogens with zero attached hydrogens (tertiary/aromatic N) is 3. The van der Waals surface area contributed by atoms with Crippen molar-refractivity contribution in [1.82, 2.24) is 19.1 Å². The summed E-state index contributed by atoms with van der Waals surface area (Å²) in [6.07, 6.45) is 2.64. The molecule has 92 valence electrons. The molecular weight excluding hydrogens is 220 g/mol. The van der Waals surface area contributed by atoms with Gasteiger partial charge in [0.05, 0.1) is 6.33 Å². The molecule has 0 spiro atoms. The molecule has 6 nitrogen and oxygen atoms in total. The Morgan fingerprint density at radius 2 is 2.18 bits per heavy atom. The van der Waals surface area contributed by atoms with Gasteiger partial charge in [0, 0.05) is 13.6 Å². The third-order valence-electron chi connectivity index (χ3n) is 3.08. The maximum atomic E-state index is 11.8. The van der Waals surface area contributed by atoms with Crippen molar-refractivity contribution in [2.45, 2.75) is 26.8 Å². The Hall–Kier alpha value is -1.85. The number of fused-ring (bicyclic) bond motifs is 1. The molecule has 0 aromatic carbocycles. The molecule has 17 heavy (non-hydrogen) atoms. The van der Waals surface area contributed by atoms with E-state index in [4.69, 9.17) is 0 Å². The Balaban J connectivity index is 2.62. The second-order valence-electron chi connectivity index (χ2n) is 4.40. The van der Waals surface area contributed by atoms with Crippen LogP contribution in [0.1, 0.15) is 20.3 Å². The maximum Gasteiger partial charge on any atom is 0.329 e. The number of aromatic nitrogens is 4. The van der Waals surface area contributed by atoms with E-state index < -0.39 is 5.69 Å². The molecule has 0 aliphatic heterocycles. The summed E-state index contributed by atoms with van der Waals surface area (Å²) in [6.45, 7) is 4.96. The largest absolute Gasteiger partial charge is 0.329 e. The number of nitrogens with one attached hydrogen (secondary N) is 1. The van der Waals surface area contributed by atoms with E-state index in [9.17, 15) is 9.59 Å². The molecule has 2 aromatic rings. The van der Waals surface area contributed by atoms with E-state index in [1.165, 1.54) is 7.05 Å². The molecular formula is C11H16N4O2. The summed E-state index contributed by atoms with van der Waals surface area (Å²) in [5, 5.41) is 0.